The van der Waals surface area contributed by atoms with Gasteiger partial charge in [0.05, 0.1) is 22.1 Å². The summed E-state index contributed by atoms with van der Waals surface area (Å²) in [5.41, 5.74) is 2.34. The molecule has 0 aromatic carbocycles. The van der Waals surface area contributed by atoms with Gasteiger partial charge in [-0.3, -0.25) is 4.79 Å². The Morgan fingerprint density at radius 3 is 2.89 bits per heavy atom. The highest BCUT2D eigenvalue weighted by Gasteiger charge is 2.31. The molecule has 4 heterocycles. The third-order valence-corrected chi connectivity index (χ3v) is 8.25. The van der Waals surface area contributed by atoms with E-state index in [1.54, 1.807) is 0 Å². The molecule has 4 rings (SSSR count). The van der Waals surface area contributed by atoms with E-state index >= 15 is 0 Å². The van der Waals surface area contributed by atoms with E-state index in [2.05, 4.69) is 10.2 Å². The van der Waals surface area contributed by atoms with Crippen LogP contribution in [0.2, 0.25) is 0 Å². The Hall–Kier alpha value is -1.91. The van der Waals surface area contributed by atoms with Crippen LogP contribution in [0.5, 0.6) is 0 Å². The minimum atomic E-state index is -2.99. The van der Waals surface area contributed by atoms with E-state index < -0.39 is 9.84 Å². The zero-order valence-corrected chi connectivity index (χ0v) is 17.9. The third-order valence-electron chi connectivity index (χ3n) is 4.82. The first-order chi connectivity index (χ1) is 13.3. The smallest absolute Gasteiger partial charge is 0.277 e. The number of nitrogens with zero attached hydrogens (tertiary/aromatic N) is 3. The van der Waals surface area contributed by atoms with Crippen molar-refractivity contribution in [2.24, 2.45) is 0 Å². The molecule has 1 fully saturated rings. The maximum atomic E-state index is 12.7. The van der Waals surface area contributed by atoms with E-state index in [-0.39, 0.29) is 29.1 Å². The van der Waals surface area contributed by atoms with Crippen LogP contribution in [-0.2, 0) is 9.84 Å². The van der Waals surface area contributed by atoms with Crippen molar-refractivity contribution in [3.63, 3.8) is 0 Å². The molecule has 0 unspecified atom stereocenters. The minimum absolute atomic E-state index is 0.0407. The van der Waals surface area contributed by atoms with Gasteiger partial charge in [-0.15, -0.1) is 21.5 Å². The number of hydrogen-bond acceptors (Lipinski definition) is 8. The van der Waals surface area contributed by atoms with Crippen LogP contribution in [0.4, 0.5) is 0 Å². The lowest BCUT2D eigenvalue weighted by molar-refractivity contribution is 0.102. The fourth-order valence-electron chi connectivity index (χ4n) is 3.57. The molecule has 7 nitrogen and oxygen atoms in total. The molecule has 0 aliphatic carbocycles. The Morgan fingerprint density at radius 1 is 1.39 bits per heavy atom. The summed E-state index contributed by atoms with van der Waals surface area (Å²) in [6.45, 7) is 3.78. The Kier molecular flexibility index (Phi) is 5.19. The monoisotopic (exact) mass is 437 g/mol. The number of aromatic nitrogens is 3. The van der Waals surface area contributed by atoms with Crippen molar-refractivity contribution in [2.45, 2.75) is 31.5 Å². The van der Waals surface area contributed by atoms with Crippen LogP contribution in [0.15, 0.2) is 33.2 Å². The molecule has 0 saturated carbocycles. The van der Waals surface area contributed by atoms with Gasteiger partial charge in [-0.05, 0) is 37.8 Å². The summed E-state index contributed by atoms with van der Waals surface area (Å²) in [6.07, 6.45) is 0.592. The van der Waals surface area contributed by atoms with Gasteiger partial charge in [0.1, 0.15) is 0 Å². The zero-order valence-electron chi connectivity index (χ0n) is 15.4. The van der Waals surface area contributed by atoms with Crippen LogP contribution in [0.1, 0.15) is 34.2 Å². The van der Waals surface area contributed by atoms with Gasteiger partial charge >= 0.3 is 0 Å². The predicted octanol–water partition coefficient (Wildman–Crippen LogP) is 3.55. The second-order valence-electron chi connectivity index (χ2n) is 6.77. The van der Waals surface area contributed by atoms with E-state index in [1.807, 2.05) is 42.0 Å². The average molecular weight is 438 g/mol. The molecule has 148 valence electrons. The SMILES string of the molecule is Cc1cc(C(=O)CSc2nnc(-c3cccs3)o2)c(C)n1[C@@H]1CCS(=O)(=O)C1. The summed E-state index contributed by atoms with van der Waals surface area (Å²) in [7, 11) is -2.99. The Bertz CT molecular complexity index is 1110. The number of rotatable bonds is 6. The summed E-state index contributed by atoms with van der Waals surface area (Å²) < 4.78 is 31.2. The van der Waals surface area contributed by atoms with Crippen molar-refractivity contribution in [2.75, 3.05) is 17.3 Å². The number of thiophene rings is 1. The maximum absolute atomic E-state index is 12.7. The predicted molar refractivity (Wildman–Crippen MR) is 109 cm³/mol. The Morgan fingerprint density at radius 2 is 2.21 bits per heavy atom. The van der Waals surface area contributed by atoms with Gasteiger partial charge in [-0.1, -0.05) is 17.8 Å². The Balaban J connectivity index is 1.46. The molecule has 1 saturated heterocycles. The van der Waals surface area contributed by atoms with E-state index in [0.29, 0.717) is 23.1 Å². The lowest BCUT2D eigenvalue weighted by atomic mass is 10.2. The summed E-state index contributed by atoms with van der Waals surface area (Å²) in [5, 5.41) is 10.3. The fraction of sp³-hybridized carbons (Fsp3) is 0.389. The molecule has 1 aliphatic heterocycles. The van der Waals surface area contributed by atoms with E-state index in [4.69, 9.17) is 4.42 Å². The fourth-order valence-corrected chi connectivity index (χ4v) is 6.56. The van der Waals surface area contributed by atoms with Gasteiger partial charge in [-0.2, -0.15) is 0 Å². The first-order valence-corrected chi connectivity index (χ1v) is 12.4. The number of ketones is 1. The van der Waals surface area contributed by atoms with Crippen LogP contribution in [0, 0.1) is 13.8 Å². The summed E-state index contributed by atoms with van der Waals surface area (Å²) in [5.74, 6) is 0.933. The van der Waals surface area contributed by atoms with E-state index in [0.717, 1.165) is 16.3 Å². The number of Topliss-reactive ketones (excluding diaryl/α,β-unsaturated/α-hetero) is 1. The van der Waals surface area contributed by atoms with Crippen LogP contribution in [-0.4, -0.2) is 46.2 Å². The number of aryl methyl sites for hydroxylation is 1. The summed E-state index contributed by atoms with van der Waals surface area (Å²) >= 11 is 2.72. The van der Waals surface area contributed by atoms with Crippen molar-refractivity contribution >= 4 is 38.7 Å². The van der Waals surface area contributed by atoms with Crippen LogP contribution in [0.25, 0.3) is 10.8 Å². The number of carbonyl (C=O) groups excluding carboxylic acids is 1. The zero-order chi connectivity index (χ0) is 19.9. The standard InChI is InChI=1S/C18H19N3O4S3/c1-11-8-14(12(2)21(11)13-5-7-28(23,24)10-13)15(22)9-27-18-20-19-17(25-18)16-4-3-6-26-16/h3-4,6,8,13H,5,7,9-10H2,1-2H3/t13-/m1/s1. The van der Waals surface area contributed by atoms with Crippen molar-refractivity contribution in [3.05, 3.63) is 40.5 Å². The number of thioether (sulfide) groups is 1. The highest BCUT2D eigenvalue weighted by Crippen LogP contribution is 2.31. The number of sulfone groups is 1. The van der Waals surface area contributed by atoms with Crippen molar-refractivity contribution in [1.82, 2.24) is 14.8 Å². The second-order valence-corrected chi connectivity index (χ2v) is 10.9. The van der Waals surface area contributed by atoms with Gasteiger partial charge < -0.3 is 8.98 Å². The van der Waals surface area contributed by atoms with Gasteiger partial charge in [0.2, 0.25) is 0 Å². The molecule has 10 heteroatoms. The first kappa shape index (κ1) is 19.4. The molecule has 28 heavy (non-hydrogen) atoms. The topological polar surface area (TPSA) is 95.1 Å². The minimum Gasteiger partial charge on any atom is -0.410 e. The van der Waals surface area contributed by atoms with Gasteiger partial charge in [0, 0.05) is 23.0 Å². The van der Waals surface area contributed by atoms with Gasteiger partial charge in [0.15, 0.2) is 15.6 Å². The van der Waals surface area contributed by atoms with E-state index in [1.165, 1.54) is 23.1 Å². The lowest BCUT2D eigenvalue weighted by Crippen LogP contribution is -2.14. The molecule has 3 aromatic rings. The molecule has 0 spiro atoms. The van der Waals surface area contributed by atoms with Crippen molar-refractivity contribution in [3.8, 4) is 10.8 Å². The summed E-state index contributed by atoms with van der Waals surface area (Å²) in [6, 6.07) is 5.55. The highest BCUT2D eigenvalue weighted by atomic mass is 32.2. The third kappa shape index (κ3) is 3.81. The van der Waals surface area contributed by atoms with Crippen molar-refractivity contribution < 1.29 is 17.6 Å². The number of carbonyl (C=O) groups is 1. The maximum Gasteiger partial charge on any atom is 0.277 e. The molecule has 0 radical (unpaired) electrons. The molecule has 0 N–H and O–H groups in total. The Labute approximate surface area is 171 Å². The molecule has 1 atom stereocenters. The van der Waals surface area contributed by atoms with Crippen LogP contribution < -0.4 is 0 Å². The normalized spacial score (nSPS) is 18.6. The molecule has 0 amide bonds. The van der Waals surface area contributed by atoms with Gasteiger partial charge in [-0.25, -0.2) is 8.42 Å². The highest BCUT2D eigenvalue weighted by molar-refractivity contribution is 7.99. The van der Waals surface area contributed by atoms with Gasteiger partial charge in [0.25, 0.3) is 11.1 Å². The lowest BCUT2D eigenvalue weighted by Gasteiger charge is -2.16. The first-order valence-electron chi connectivity index (χ1n) is 8.76. The van der Waals surface area contributed by atoms with Crippen LogP contribution >= 0.6 is 23.1 Å². The van der Waals surface area contributed by atoms with Crippen molar-refractivity contribution in [1.29, 1.82) is 0 Å². The quantitative estimate of drug-likeness (QED) is 0.430. The molecular formula is C18H19N3O4S3. The average Bonchev–Trinajstić information content (AvgIpc) is 3.40. The van der Waals surface area contributed by atoms with E-state index in [9.17, 15) is 13.2 Å². The number of hydrogen-bond donors (Lipinski definition) is 0. The molecule has 3 aromatic heterocycles. The molecule has 1 aliphatic rings. The second kappa shape index (κ2) is 7.49. The summed E-state index contributed by atoms with van der Waals surface area (Å²) in [4.78, 5) is 13.6. The molecular weight excluding hydrogens is 418 g/mol. The molecule has 0 bridgehead atoms. The van der Waals surface area contributed by atoms with Crippen LogP contribution in [0.3, 0.4) is 0 Å². The largest absolute Gasteiger partial charge is 0.410 e.